The number of likely N-dealkylation sites (tertiary alicyclic amines) is 1. The Labute approximate surface area is 211 Å². The van der Waals surface area contributed by atoms with Crippen LogP contribution in [0.1, 0.15) is 45.6 Å². The number of halogens is 1. The number of H-pyrrole nitrogens is 1. The van der Waals surface area contributed by atoms with Gasteiger partial charge >= 0.3 is 0 Å². The molecule has 1 aromatic heterocycles. The number of carbonyl (C=O) groups excluding carboxylic acids is 2. The highest BCUT2D eigenvalue weighted by molar-refractivity contribution is 6.30. The van der Waals surface area contributed by atoms with Gasteiger partial charge in [-0.1, -0.05) is 63.6 Å². The summed E-state index contributed by atoms with van der Waals surface area (Å²) in [6.45, 7) is 9.64. The number of anilines is 1. The van der Waals surface area contributed by atoms with Gasteiger partial charge in [-0.3, -0.25) is 9.59 Å². The molecule has 0 aliphatic carbocycles. The van der Waals surface area contributed by atoms with E-state index in [1.807, 2.05) is 55.1 Å². The van der Waals surface area contributed by atoms with E-state index < -0.39 is 6.04 Å². The van der Waals surface area contributed by atoms with Gasteiger partial charge in [0.2, 0.25) is 17.8 Å². The maximum Gasteiger partial charge on any atom is 0.245 e. The highest BCUT2D eigenvalue weighted by atomic mass is 35.5. The molecule has 2 amide bonds. The molecule has 2 unspecified atom stereocenters. The summed E-state index contributed by atoms with van der Waals surface area (Å²) in [5.41, 5.74) is 2.87. The number of benzene rings is 2. The lowest BCUT2D eigenvalue weighted by Crippen LogP contribution is -2.56. The van der Waals surface area contributed by atoms with E-state index in [4.69, 9.17) is 11.6 Å². The number of nitrogens with zero attached hydrogens (tertiary/aromatic N) is 2. The first-order valence-electron chi connectivity index (χ1n) is 12.2. The van der Waals surface area contributed by atoms with Crippen LogP contribution in [0.2, 0.25) is 5.02 Å². The van der Waals surface area contributed by atoms with Crippen LogP contribution >= 0.6 is 11.6 Å². The van der Waals surface area contributed by atoms with Crippen molar-refractivity contribution in [1.29, 1.82) is 0 Å². The summed E-state index contributed by atoms with van der Waals surface area (Å²) >= 11 is 6.07. The second-order valence-electron chi connectivity index (χ2n) is 10.4. The van der Waals surface area contributed by atoms with Crippen molar-refractivity contribution in [1.82, 2.24) is 20.2 Å². The minimum absolute atomic E-state index is 0.0280. The lowest BCUT2D eigenvalue weighted by molar-refractivity contribution is -0.140. The molecular weight excluding hydrogens is 462 g/mol. The lowest BCUT2D eigenvalue weighted by Gasteiger charge is -2.45. The first-order chi connectivity index (χ1) is 16.6. The fourth-order valence-corrected chi connectivity index (χ4v) is 5.12. The summed E-state index contributed by atoms with van der Waals surface area (Å²) < 4.78 is 0. The van der Waals surface area contributed by atoms with Crippen LogP contribution in [0.25, 0.3) is 11.0 Å². The van der Waals surface area contributed by atoms with E-state index in [1.165, 1.54) is 5.56 Å². The molecule has 1 saturated heterocycles. The van der Waals surface area contributed by atoms with Gasteiger partial charge in [0.15, 0.2) is 0 Å². The third-order valence-corrected chi connectivity index (χ3v) is 7.12. The Bertz CT molecular complexity index is 1150. The van der Waals surface area contributed by atoms with E-state index in [0.717, 1.165) is 22.5 Å². The molecule has 8 heteroatoms. The Kier molecular flexibility index (Phi) is 7.36. The molecule has 1 aliphatic rings. The summed E-state index contributed by atoms with van der Waals surface area (Å²) in [7, 11) is 0. The lowest BCUT2D eigenvalue weighted by atomic mass is 9.70. The average molecular weight is 496 g/mol. The molecule has 35 heavy (non-hydrogen) atoms. The van der Waals surface area contributed by atoms with Crippen LogP contribution in [0.15, 0.2) is 48.5 Å². The Morgan fingerprint density at radius 2 is 1.89 bits per heavy atom. The van der Waals surface area contributed by atoms with Crippen molar-refractivity contribution in [2.75, 3.05) is 25.0 Å². The van der Waals surface area contributed by atoms with Crippen LogP contribution in [-0.2, 0) is 9.59 Å². The van der Waals surface area contributed by atoms with Crippen LogP contribution < -0.4 is 10.6 Å². The van der Waals surface area contributed by atoms with Crippen LogP contribution in [0.3, 0.4) is 0 Å². The zero-order chi connectivity index (χ0) is 25.2. The first-order valence-corrected chi connectivity index (χ1v) is 12.5. The van der Waals surface area contributed by atoms with Crippen LogP contribution in [0.5, 0.6) is 0 Å². The second kappa shape index (κ2) is 10.3. The Balaban J connectivity index is 1.37. The number of piperidine rings is 1. The number of amides is 2. The van der Waals surface area contributed by atoms with E-state index in [-0.39, 0.29) is 29.7 Å². The molecule has 0 bridgehead atoms. The minimum Gasteiger partial charge on any atom is -0.347 e. The summed E-state index contributed by atoms with van der Waals surface area (Å²) in [6, 6.07) is 15.1. The summed E-state index contributed by atoms with van der Waals surface area (Å²) in [4.78, 5) is 35.7. The molecule has 2 aromatic carbocycles. The van der Waals surface area contributed by atoms with Crippen LogP contribution in [0.4, 0.5) is 5.95 Å². The second-order valence-corrected chi connectivity index (χ2v) is 10.8. The van der Waals surface area contributed by atoms with Gasteiger partial charge in [-0.2, -0.15) is 0 Å². The fraction of sp³-hybridized carbons (Fsp3) is 0.444. The normalized spacial score (nSPS) is 18.5. The largest absolute Gasteiger partial charge is 0.347 e. The van der Waals surface area contributed by atoms with Gasteiger partial charge in [0.05, 0.1) is 17.6 Å². The third kappa shape index (κ3) is 5.78. The van der Waals surface area contributed by atoms with Crippen molar-refractivity contribution in [2.45, 2.75) is 46.1 Å². The number of aromatic amines is 1. The topological polar surface area (TPSA) is 90.1 Å². The molecule has 0 radical (unpaired) electrons. The van der Waals surface area contributed by atoms with Gasteiger partial charge in [0.25, 0.3) is 0 Å². The van der Waals surface area contributed by atoms with Gasteiger partial charge in [0.1, 0.15) is 6.04 Å². The highest BCUT2D eigenvalue weighted by Crippen LogP contribution is 2.42. The molecule has 1 aliphatic heterocycles. The molecule has 186 valence electrons. The smallest absolute Gasteiger partial charge is 0.245 e. The van der Waals surface area contributed by atoms with E-state index in [1.54, 1.807) is 0 Å². The molecule has 4 rings (SSSR count). The van der Waals surface area contributed by atoms with Crippen molar-refractivity contribution in [3.05, 3.63) is 59.1 Å². The summed E-state index contributed by atoms with van der Waals surface area (Å²) in [5.74, 6) is 0.561. The number of nitrogens with one attached hydrogen (secondary N) is 3. The summed E-state index contributed by atoms with van der Waals surface area (Å²) in [5, 5.41) is 6.70. The quantitative estimate of drug-likeness (QED) is 0.438. The molecular formula is C27H34ClN5O2. The van der Waals surface area contributed by atoms with E-state index in [2.05, 4.69) is 46.6 Å². The number of fused-ring (bicyclic) bond motifs is 1. The molecule has 0 saturated carbocycles. The van der Waals surface area contributed by atoms with E-state index in [9.17, 15) is 9.59 Å². The number of carbonyl (C=O) groups is 2. The molecule has 7 nitrogen and oxygen atoms in total. The fourth-order valence-electron chi connectivity index (χ4n) is 4.99. The third-order valence-electron chi connectivity index (χ3n) is 6.87. The van der Waals surface area contributed by atoms with E-state index in [0.29, 0.717) is 25.0 Å². The van der Waals surface area contributed by atoms with Crippen molar-refractivity contribution in [3.8, 4) is 0 Å². The standard InChI is InChI=1S/C27H34ClN5O2/c1-17(2)24(32-23(34)15-29-26-30-21-7-5-6-8-22(21)31-26)25(35)33-14-13-20(27(3,4)16-33)18-9-11-19(28)12-10-18/h5-12,17,20,24H,13-16H2,1-4H3,(H,32,34)(H2,29,30,31). The molecule has 1 fully saturated rings. The van der Waals surface area contributed by atoms with Gasteiger partial charge in [0, 0.05) is 18.1 Å². The zero-order valence-electron chi connectivity index (χ0n) is 20.8. The van der Waals surface area contributed by atoms with Crippen molar-refractivity contribution < 1.29 is 9.59 Å². The van der Waals surface area contributed by atoms with Crippen molar-refractivity contribution in [3.63, 3.8) is 0 Å². The van der Waals surface area contributed by atoms with Crippen molar-refractivity contribution in [2.24, 2.45) is 11.3 Å². The molecule has 2 heterocycles. The number of aromatic nitrogens is 2. The number of rotatable bonds is 7. The predicted molar refractivity (Wildman–Crippen MR) is 141 cm³/mol. The maximum absolute atomic E-state index is 13.5. The number of hydrogen-bond acceptors (Lipinski definition) is 4. The number of para-hydroxylation sites is 2. The van der Waals surface area contributed by atoms with Crippen LogP contribution in [-0.4, -0.2) is 52.4 Å². The molecule has 3 N–H and O–H groups in total. The van der Waals surface area contributed by atoms with Gasteiger partial charge < -0.3 is 20.5 Å². The van der Waals surface area contributed by atoms with E-state index >= 15 is 0 Å². The number of imidazole rings is 1. The van der Waals surface area contributed by atoms with Gasteiger partial charge in [-0.15, -0.1) is 0 Å². The Hall–Kier alpha value is -3.06. The predicted octanol–water partition coefficient (Wildman–Crippen LogP) is 4.81. The van der Waals surface area contributed by atoms with Crippen molar-refractivity contribution >= 4 is 40.4 Å². The van der Waals surface area contributed by atoms with Gasteiger partial charge in [-0.05, 0) is 53.5 Å². The number of hydrogen-bond donors (Lipinski definition) is 3. The average Bonchev–Trinajstić information content (AvgIpc) is 3.24. The summed E-state index contributed by atoms with van der Waals surface area (Å²) in [6.07, 6.45) is 0.868. The highest BCUT2D eigenvalue weighted by Gasteiger charge is 2.40. The van der Waals surface area contributed by atoms with Gasteiger partial charge in [-0.25, -0.2) is 4.98 Å². The minimum atomic E-state index is -0.581. The Morgan fingerprint density at radius 3 is 2.54 bits per heavy atom. The monoisotopic (exact) mass is 495 g/mol. The SMILES string of the molecule is CC(C)C(NC(=O)CNc1nc2ccccc2[nH]1)C(=O)N1CCC(c2ccc(Cl)cc2)C(C)(C)C1. The molecule has 3 aromatic rings. The van der Waals surface area contributed by atoms with Crippen LogP contribution in [0, 0.1) is 11.3 Å². The zero-order valence-corrected chi connectivity index (χ0v) is 21.5. The first kappa shape index (κ1) is 25.0. The Morgan fingerprint density at radius 1 is 1.17 bits per heavy atom. The molecule has 0 spiro atoms. The maximum atomic E-state index is 13.5. The molecule has 2 atom stereocenters.